The average molecular weight is 262 g/mol. The van der Waals surface area contributed by atoms with Crippen LogP contribution in [0.1, 0.15) is 38.5 Å². The standard InChI is InChI=1S/C13H24F2N2O/c14-13(15,9-18)8-17-12-5-2-1-4-10(12)11-6-3-7-16-11/h10-12,16-18H,1-9H2. The van der Waals surface area contributed by atoms with Crippen molar-refractivity contribution in [2.45, 2.75) is 56.5 Å². The van der Waals surface area contributed by atoms with E-state index in [4.69, 9.17) is 5.11 Å². The van der Waals surface area contributed by atoms with Crippen molar-refractivity contribution in [1.82, 2.24) is 10.6 Å². The van der Waals surface area contributed by atoms with Crippen LogP contribution in [0, 0.1) is 5.92 Å². The molecule has 0 aromatic heterocycles. The second-order valence-electron chi connectivity index (χ2n) is 5.65. The lowest BCUT2D eigenvalue weighted by molar-refractivity contribution is -0.0516. The molecular weight excluding hydrogens is 238 g/mol. The number of rotatable bonds is 5. The van der Waals surface area contributed by atoms with Gasteiger partial charge in [-0.15, -0.1) is 0 Å². The molecule has 2 rings (SSSR count). The van der Waals surface area contributed by atoms with E-state index < -0.39 is 19.1 Å². The van der Waals surface area contributed by atoms with Crippen molar-refractivity contribution < 1.29 is 13.9 Å². The Balaban J connectivity index is 1.87. The van der Waals surface area contributed by atoms with Crippen LogP contribution in [0.15, 0.2) is 0 Å². The van der Waals surface area contributed by atoms with Crippen molar-refractivity contribution in [3.05, 3.63) is 0 Å². The zero-order chi connectivity index (χ0) is 13.0. The monoisotopic (exact) mass is 262 g/mol. The van der Waals surface area contributed by atoms with Gasteiger partial charge in [0.05, 0.1) is 6.54 Å². The Hall–Kier alpha value is -0.260. The maximum absolute atomic E-state index is 13.1. The van der Waals surface area contributed by atoms with E-state index in [0.29, 0.717) is 12.0 Å². The predicted octanol–water partition coefficient (Wildman–Crippen LogP) is 1.51. The van der Waals surface area contributed by atoms with Crippen LogP contribution in [0.3, 0.4) is 0 Å². The third-order valence-electron chi connectivity index (χ3n) is 4.29. The van der Waals surface area contributed by atoms with E-state index in [1.54, 1.807) is 0 Å². The van der Waals surface area contributed by atoms with Gasteiger partial charge < -0.3 is 15.7 Å². The first-order chi connectivity index (χ1) is 8.62. The van der Waals surface area contributed by atoms with Crippen molar-refractivity contribution in [3.8, 4) is 0 Å². The number of hydrogen-bond donors (Lipinski definition) is 3. The zero-order valence-electron chi connectivity index (χ0n) is 10.8. The van der Waals surface area contributed by atoms with Gasteiger partial charge in [0, 0.05) is 12.1 Å². The average Bonchev–Trinajstić information content (AvgIpc) is 2.91. The Morgan fingerprint density at radius 2 is 1.94 bits per heavy atom. The van der Waals surface area contributed by atoms with Crippen LogP contribution in [0.4, 0.5) is 8.78 Å². The van der Waals surface area contributed by atoms with Gasteiger partial charge in [-0.2, -0.15) is 0 Å². The first-order valence-electron chi connectivity index (χ1n) is 7.08. The summed E-state index contributed by atoms with van der Waals surface area (Å²) in [5.41, 5.74) is 0. The summed E-state index contributed by atoms with van der Waals surface area (Å²) in [4.78, 5) is 0. The SMILES string of the molecule is OCC(F)(F)CNC1CCCCC1C1CCCN1. The highest BCUT2D eigenvalue weighted by atomic mass is 19.3. The number of nitrogens with one attached hydrogen (secondary N) is 2. The first kappa shape index (κ1) is 14.2. The van der Waals surface area contributed by atoms with Crippen LogP contribution in [-0.2, 0) is 0 Å². The Labute approximate surface area is 107 Å². The summed E-state index contributed by atoms with van der Waals surface area (Å²) in [6.45, 7) is -0.420. The molecule has 1 saturated carbocycles. The molecule has 3 unspecified atom stereocenters. The highest BCUT2D eigenvalue weighted by Crippen LogP contribution is 2.31. The molecule has 1 heterocycles. The Kier molecular flexibility index (Phi) is 4.92. The highest BCUT2D eigenvalue weighted by molar-refractivity contribution is 4.92. The van der Waals surface area contributed by atoms with Crippen LogP contribution in [0.25, 0.3) is 0 Å². The predicted molar refractivity (Wildman–Crippen MR) is 66.8 cm³/mol. The van der Waals surface area contributed by atoms with E-state index in [1.807, 2.05) is 0 Å². The van der Waals surface area contributed by atoms with Gasteiger partial charge in [-0.05, 0) is 38.1 Å². The number of halogens is 2. The quantitative estimate of drug-likeness (QED) is 0.704. The maximum Gasteiger partial charge on any atom is 0.282 e. The molecule has 3 atom stereocenters. The number of aliphatic hydroxyl groups is 1. The van der Waals surface area contributed by atoms with Crippen LogP contribution in [-0.4, -0.2) is 42.8 Å². The summed E-state index contributed by atoms with van der Waals surface area (Å²) in [6.07, 6.45) is 6.79. The summed E-state index contributed by atoms with van der Waals surface area (Å²) in [6, 6.07) is 0.664. The molecule has 1 aliphatic carbocycles. The third kappa shape index (κ3) is 3.62. The van der Waals surface area contributed by atoms with Crippen LogP contribution in [0.5, 0.6) is 0 Å². The molecular formula is C13H24F2N2O. The topological polar surface area (TPSA) is 44.3 Å². The smallest absolute Gasteiger partial charge is 0.282 e. The molecule has 0 amide bonds. The molecule has 18 heavy (non-hydrogen) atoms. The van der Waals surface area contributed by atoms with Gasteiger partial charge in [0.25, 0.3) is 5.92 Å². The fourth-order valence-corrected chi connectivity index (χ4v) is 3.31. The van der Waals surface area contributed by atoms with Gasteiger partial charge >= 0.3 is 0 Å². The van der Waals surface area contributed by atoms with Gasteiger partial charge in [0.1, 0.15) is 6.61 Å². The maximum atomic E-state index is 13.1. The Morgan fingerprint density at radius 3 is 2.61 bits per heavy atom. The number of hydrogen-bond acceptors (Lipinski definition) is 3. The summed E-state index contributed by atoms with van der Waals surface area (Å²) in [7, 11) is 0. The van der Waals surface area contributed by atoms with E-state index in [-0.39, 0.29) is 6.04 Å². The lowest BCUT2D eigenvalue weighted by atomic mass is 9.79. The highest BCUT2D eigenvalue weighted by Gasteiger charge is 2.35. The van der Waals surface area contributed by atoms with Crippen molar-refractivity contribution in [2.24, 2.45) is 5.92 Å². The lowest BCUT2D eigenvalue weighted by Gasteiger charge is -2.37. The van der Waals surface area contributed by atoms with Crippen LogP contribution >= 0.6 is 0 Å². The van der Waals surface area contributed by atoms with Crippen LogP contribution in [0.2, 0.25) is 0 Å². The van der Waals surface area contributed by atoms with Crippen LogP contribution < -0.4 is 10.6 Å². The Bertz CT molecular complexity index is 257. The molecule has 0 aromatic rings. The molecule has 5 heteroatoms. The summed E-state index contributed by atoms with van der Waals surface area (Å²) in [5, 5.41) is 15.1. The molecule has 1 aliphatic heterocycles. The fourth-order valence-electron chi connectivity index (χ4n) is 3.31. The second kappa shape index (κ2) is 6.26. The molecule has 0 bridgehead atoms. The Morgan fingerprint density at radius 1 is 1.17 bits per heavy atom. The van der Waals surface area contributed by atoms with Gasteiger partial charge in [-0.3, -0.25) is 0 Å². The second-order valence-corrected chi connectivity index (χ2v) is 5.65. The van der Waals surface area contributed by atoms with E-state index >= 15 is 0 Å². The molecule has 0 spiro atoms. The molecule has 2 fully saturated rings. The summed E-state index contributed by atoms with van der Waals surface area (Å²) < 4.78 is 26.2. The minimum Gasteiger partial charge on any atom is -0.390 e. The third-order valence-corrected chi connectivity index (χ3v) is 4.29. The number of alkyl halides is 2. The molecule has 3 N–H and O–H groups in total. The van der Waals surface area contributed by atoms with Gasteiger partial charge in [0.15, 0.2) is 0 Å². The van der Waals surface area contributed by atoms with Crippen molar-refractivity contribution in [1.29, 1.82) is 0 Å². The molecule has 0 aromatic carbocycles. The van der Waals surface area contributed by atoms with Crippen molar-refractivity contribution >= 4 is 0 Å². The molecule has 106 valence electrons. The van der Waals surface area contributed by atoms with E-state index in [2.05, 4.69) is 10.6 Å². The first-order valence-corrected chi connectivity index (χ1v) is 7.08. The zero-order valence-corrected chi connectivity index (χ0v) is 10.8. The lowest BCUT2D eigenvalue weighted by Crippen LogP contribution is -2.50. The molecule has 0 radical (unpaired) electrons. The van der Waals surface area contributed by atoms with E-state index in [9.17, 15) is 8.78 Å². The minimum absolute atomic E-state index is 0.173. The summed E-state index contributed by atoms with van der Waals surface area (Å²) >= 11 is 0. The molecule has 3 nitrogen and oxygen atoms in total. The molecule has 2 aliphatic rings. The van der Waals surface area contributed by atoms with Gasteiger partial charge in [0.2, 0.25) is 0 Å². The normalized spacial score (nSPS) is 33.8. The van der Waals surface area contributed by atoms with Gasteiger partial charge in [-0.1, -0.05) is 12.8 Å². The fraction of sp³-hybridized carbons (Fsp3) is 1.00. The number of aliphatic hydroxyl groups excluding tert-OH is 1. The summed E-state index contributed by atoms with van der Waals surface area (Å²) in [5.74, 6) is -2.53. The van der Waals surface area contributed by atoms with Crippen molar-refractivity contribution in [2.75, 3.05) is 19.7 Å². The molecule has 1 saturated heterocycles. The van der Waals surface area contributed by atoms with E-state index in [1.165, 1.54) is 19.3 Å². The van der Waals surface area contributed by atoms with Crippen molar-refractivity contribution in [3.63, 3.8) is 0 Å². The van der Waals surface area contributed by atoms with E-state index in [0.717, 1.165) is 25.8 Å². The van der Waals surface area contributed by atoms with Gasteiger partial charge in [-0.25, -0.2) is 8.78 Å². The minimum atomic E-state index is -2.99. The largest absolute Gasteiger partial charge is 0.390 e.